The van der Waals surface area contributed by atoms with Crippen LogP contribution >= 0.6 is 0 Å². The molecule has 1 saturated heterocycles. The van der Waals surface area contributed by atoms with Crippen molar-refractivity contribution < 1.29 is 0 Å². The smallest absolute Gasteiger partial charge is 0.0600 e. The van der Waals surface area contributed by atoms with Gasteiger partial charge < -0.3 is 0 Å². The SMILES string of the molecule is C#CCN1CC(C)N(C)C(C)C1. The molecule has 1 aliphatic rings. The van der Waals surface area contributed by atoms with E-state index in [0.717, 1.165) is 19.6 Å². The lowest BCUT2D eigenvalue weighted by molar-refractivity contribution is 0.0685. The van der Waals surface area contributed by atoms with Crippen molar-refractivity contribution in [2.45, 2.75) is 25.9 Å². The fourth-order valence-corrected chi connectivity index (χ4v) is 1.77. The molecule has 0 amide bonds. The van der Waals surface area contributed by atoms with E-state index in [-0.39, 0.29) is 0 Å². The molecule has 0 radical (unpaired) electrons. The summed E-state index contributed by atoms with van der Waals surface area (Å²) in [4.78, 5) is 4.75. The van der Waals surface area contributed by atoms with Gasteiger partial charge in [-0.15, -0.1) is 6.42 Å². The second kappa shape index (κ2) is 3.93. The largest absolute Gasteiger partial charge is 0.298 e. The van der Waals surface area contributed by atoms with Crippen molar-refractivity contribution in [1.82, 2.24) is 9.80 Å². The zero-order chi connectivity index (χ0) is 9.14. The maximum Gasteiger partial charge on any atom is 0.0600 e. The molecule has 2 atom stereocenters. The number of rotatable bonds is 1. The van der Waals surface area contributed by atoms with Crippen LogP contribution in [0.5, 0.6) is 0 Å². The average molecular weight is 166 g/mol. The van der Waals surface area contributed by atoms with Crippen molar-refractivity contribution in [2.24, 2.45) is 0 Å². The maximum absolute atomic E-state index is 5.28. The second-order valence-corrected chi connectivity index (χ2v) is 3.76. The van der Waals surface area contributed by atoms with Gasteiger partial charge in [0.05, 0.1) is 6.54 Å². The number of terminal acetylenes is 1. The Bertz CT molecular complexity index is 171. The van der Waals surface area contributed by atoms with E-state index < -0.39 is 0 Å². The molecule has 0 aromatic heterocycles. The molecule has 0 spiro atoms. The number of hydrogen-bond acceptors (Lipinski definition) is 2. The van der Waals surface area contributed by atoms with E-state index in [0.29, 0.717) is 12.1 Å². The third-order valence-corrected chi connectivity index (χ3v) is 2.75. The molecule has 1 heterocycles. The summed E-state index contributed by atoms with van der Waals surface area (Å²) in [6.07, 6.45) is 5.28. The van der Waals surface area contributed by atoms with Gasteiger partial charge in [0, 0.05) is 25.2 Å². The molecule has 0 N–H and O–H groups in total. The molecule has 0 aliphatic carbocycles. The van der Waals surface area contributed by atoms with Crippen LogP contribution in [0, 0.1) is 12.3 Å². The fraction of sp³-hybridized carbons (Fsp3) is 0.800. The third-order valence-electron chi connectivity index (χ3n) is 2.75. The maximum atomic E-state index is 5.28. The predicted molar refractivity (Wildman–Crippen MR) is 52.0 cm³/mol. The lowest BCUT2D eigenvalue weighted by atomic mass is 10.1. The normalized spacial score (nSPS) is 33.2. The van der Waals surface area contributed by atoms with E-state index in [9.17, 15) is 0 Å². The summed E-state index contributed by atoms with van der Waals surface area (Å²) in [7, 11) is 2.18. The van der Waals surface area contributed by atoms with Gasteiger partial charge in [-0.25, -0.2) is 0 Å². The molecule has 1 fully saturated rings. The molecule has 0 aromatic carbocycles. The Morgan fingerprint density at radius 3 is 2.25 bits per heavy atom. The van der Waals surface area contributed by atoms with Crippen LogP contribution in [0.4, 0.5) is 0 Å². The van der Waals surface area contributed by atoms with Gasteiger partial charge in [-0.2, -0.15) is 0 Å². The van der Waals surface area contributed by atoms with E-state index in [1.54, 1.807) is 0 Å². The van der Waals surface area contributed by atoms with E-state index in [2.05, 4.69) is 36.6 Å². The number of hydrogen-bond donors (Lipinski definition) is 0. The van der Waals surface area contributed by atoms with Crippen LogP contribution in [0.25, 0.3) is 0 Å². The first kappa shape index (κ1) is 9.57. The highest BCUT2D eigenvalue weighted by Crippen LogP contribution is 2.12. The minimum absolute atomic E-state index is 0.627. The van der Waals surface area contributed by atoms with Crippen LogP contribution in [0.1, 0.15) is 13.8 Å². The highest BCUT2D eigenvalue weighted by molar-refractivity contribution is 4.92. The van der Waals surface area contributed by atoms with Crippen LogP contribution in [0.15, 0.2) is 0 Å². The first-order valence-electron chi connectivity index (χ1n) is 4.53. The van der Waals surface area contributed by atoms with Crippen LogP contribution in [0.2, 0.25) is 0 Å². The van der Waals surface area contributed by atoms with E-state index in [1.165, 1.54) is 0 Å². The zero-order valence-corrected chi connectivity index (χ0v) is 8.25. The van der Waals surface area contributed by atoms with Crippen molar-refractivity contribution in [1.29, 1.82) is 0 Å². The summed E-state index contributed by atoms with van der Waals surface area (Å²) in [5, 5.41) is 0. The molecule has 2 unspecified atom stereocenters. The van der Waals surface area contributed by atoms with Gasteiger partial charge in [-0.3, -0.25) is 9.80 Å². The standard InChI is InChI=1S/C10H18N2/c1-5-6-12-7-9(2)11(4)10(3)8-12/h1,9-10H,6-8H2,2-4H3. The van der Waals surface area contributed by atoms with Gasteiger partial charge in [0.1, 0.15) is 0 Å². The lowest BCUT2D eigenvalue weighted by Crippen LogP contribution is -2.54. The minimum Gasteiger partial charge on any atom is -0.298 e. The zero-order valence-electron chi connectivity index (χ0n) is 8.25. The highest BCUT2D eigenvalue weighted by atomic mass is 15.3. The van der Waals surface area contributed by atoms with Gasteiger partial charge in [-0.1, -0.05) is 5.92 Å². The number of piperazine rings is 1. The number of likely N-dealkylation sites (N-methyl/N-ethyl adjacent to an activating group) is 1. The topological polar surface area (TPSA) is 6.48 Å². The van der Waals surface area contributed by atoms with E-state index >= 15 is 0 Å². The quantitative estimate of drug-likeness (QED) is 0.528. The molecule has 2 nitrogen and oxygen atoms in total. The molecule has 68 valence electrons. The van der Waals surface area contributed by atoms with Crippen molar-refractivity contribution >= 4 is 0 Å². The summed E-state index contributed by atoms with van der Waals surface area (Å²) in [6.45, 7) is 7.50. The molecule has 1 rings (SSSR count). The molecule has 0 saturated carbocycles. The molecular formula is C10H18N2. The Kier molecular flexibility index (Phi) is 3.13. The van der Waals surface area contributed by atoms with Crippen molar-refractivity contribution in [2.75, 3.05) is 26.7 Å². The van der Waals surface area contributed by atoms with Crippen molar-refractivity contribution in [3.63, 3.8) is 0 Å². The Balaban J connectivity index is 2.49. The predicted octanol–water partition coefficient (Wildman–Crippen LogP) is 0.644. The lowest BCUT2D eigenvalue weighted by Gasteiger charge is -2.41. The van der Waals surface area contributed by atoms with Gasteiger partial charge in [0.25, 0.3) is 0 Å². The third kappa shape index (κ3) is 2.00. The molecule has 0 bridgehead atoms. The Labute approximate surface area is 75.5 Å². The van der Waals surface area contributed by atoms with Crippen LogP contribution < -0.4 is 0 Å². The van der Waals surface area contributed by atoms with Crippen LogP contribution in [-0.2, 0) is 0 Å². The molecule has 2 heteroatoms. The average Bonchev–Trinajstić information content (AvgIpc) is 2.01. The summed E-state index contributed by atoms with van der Waals surface area (Å²) in [5.74, 6) is 2.70. The summed E-state index contributed by atoms with van der Waals surface area (Å²) < 4.78 is 0. The molecular weight excluding hydrogens is 148 g/mol. The summed E-state index contributed by atoms with van der Waals surface area (Å²) >= 11 is 0. The van der Waals surface area contributed by atoms with Gasteiger partial charge in [0.15, 0.2) is 0 Å². The van der Waals surface area contributed by atoms with E-state index in [4.69, 9.17) is 6.42 Å². The molecule has 1 aliphatic heterocycles. The minimum atomic E-state index is 0.627. The summed E-state index contributed by atoms with van der Waals surface area (Å²) in [6, 6.07) is 1.25. The monoisotopic (exact) mass is 166 g/mol. The molecule has 12 heavy (non-hydrogen) atoms. The Morgan fingerprint density at radius 2 is 1.83 bits per heavy atom. The first-order valence-corrected chi connectivity index (χ1v) is 4.53. The Hall–Kier alpha value is -0.520. The Morgan fingerprint density at radius 1 is 1.33 bits per heavy atom. The van der Waals surface area contributed by atoms with Gasteiger partial charge in [0.2, 0.25) is 0 Å². The second-order valence-electron chi connectivity index (χ2n) is 3.76. The summed E-state index contributed by atoms with van der Waals surface area (Å²) in [5.41, 5.74) is 0. The fourth-order valence-electron chi connectivity index (χ4n) is 1.77. The van der Waals surface area contributed by atoms with Crippen LogP contribution in [-0.4, -0.2) is 48.6 Å². The number of nitrogens with zero attached hydrogens (tertiary/aromatic N) is 2. The van der Waals surface area contributed by atoms with Gasteiger partial charge in [-0.05, 0) is 20.9 Å². The molecule has 0 aromatic rings. The van der Waals surface area contributed by atoms with Crippen LogP contribution in [0.3, 0.4) is 0 Å². The highest BCUT2D eigenvalue weighted by Gasteiger charge is 2.25. The van der Waals surface area contributed by atoms with Crippen molar-refractivity contribution in [3.05, 3.63) is 0 Å². The van der Waals surface area contributed by atoms with Crippen molar-refractivity contribution in [3.8, 4) is 12.3 Å². The van der Waals surface area contributed by atoms with Gasteiger partial charge >= 0.3 is 0 Å². The first-order chi connectivity index (χ1) is 5.65. The van der Waals surface area contributed by atoms with E-state index in [1.807, 2.05) is 0 Å².